The summed E-state index contributed by atoms with van der Waals surface area (Å²) < 4.78 is 0. The third-order valence-electron chi connectivity index (χ3n) is 2.25. The van der Waals surface area contributed by atoms with Gasteiger partial charge in [-0.25, -0.2) is 0 Å². The topological polar surface area (TPSA) is 3.01 Å². The van der Waals surface area contributed by atoms with E-state index in [1.165, 1.54) is 11.4 Å². The van der Waals surface area contributed by atoms with Gasteiger partial charge in [0, 0.05) is 6.07 Å². The summed E-state index contributed by atoms with van der Waals surface area (Å²) in [7, 11) is 0. The van der Waals surface area contributed by atoms with Gasteiger partial charge in [0.1, 0.15) is 0 Å². The zero-order chi connectivity index (χ0) is 8.67. The van der Waals surface area contributed by atoms with Gasteiger partial charge in [0.2, 0.25) is 0 Å². The summed E-state index contributed by atoms with van der Waals surface area (Å²) in [5.41, 5.74) is 3.72. The van der Waals surface area contributed by atoms with E-state index in [1.54, 1.807) is 0 Å². The van der Waals surface area contributed by atoms with Crippen molar-refractivity contribution in [2.45, 2.75) is 0 Å². The van der Waals surface area contributed by atoms with E-state index < -0.39 is 0 Å². The summed E-state index contributed by atoms with van der Waals surface area (Å²) in [5, 5.41) is 0. The Kier molecular flexibility index (Phi) is 1.22. The Morgan fingerprint density at radius 3 is 2.15 bits per heavy atom. The van der Waals surface area contributed by atoms with E-state index in [9.17, 15) is 0 Å². The van der Waals surface area contributed by atoms with Gasteiger partial charge in [-0.2, -0.15) is 0 Å². The van der Waals surface area contributed by atoms with Crippen LogP contribution in [-0.2, 0) is 0 Å². The lowest BCUT2D eigenvalue weighted by atomic mass is 10.3. The average Bonchev–Trinajstić information content (AvgIpc) is 2.93. The fourth-order valence-electron chi connectivity index (χ4n) is 1.59. The lowest BCUT2D eigenvalue weighted by Gasteiger charge is -1.99. The number of benzene rings is 2. The van der Waals surface area contributed by atoms with Crippen LogP contribution in [0.5, 0.6) is 0 Å². The Bertz CT molecular complexity index is 411. The molecule has 0 bridgehead atoms. The van der Waals surface area contributed by atoms with Gasteiger partial charge < -0.3 is 4.90 Å². The highest BCUT2D eigenvalue weighted by Gasteiger charge is 2.28. The molecule has 61 valence electrons. The lowest BCUT2D eigenvalue weighted by Crippen LogP contribution is -1.86. The molecule has 0 amide bonds. The Balaban J connectivity index is 2.02. The van der Waals surface area contributed by atoms with Crippen LogP contribution in [0.1, 0.15) is 0 Å². The monoisotopic (exact) mass is 166 g/mol. The summed E-state index contributed by atoms with van der Waals surface area (Å²) in [4.78, 5) is 2.19. The average molecular weight is 166 g/mol. The molecule has 0 atom stereocenters. The molecular formula is C12H8N. The first-order valence-electron chi connectivity index (χ1n) is 4.33. The molecule has 13 heavy (non-hydrogen) atoms. The second-order valence-electron chi connectivity index (χ2n) is 3.07. The van der Waals surface area contributed by atoms with Crippen molar-refractivity contribution in [3.63, 3.8) is 0 Å². The second-order valence-corrected chi connectivity index (χ2v) is 3.07. The summed E-state index contributed by atoms with van der Waals surface area (Å²) in [6.45, 7) is 0. The van der Waals surface area contributed by atoms with E-state index in [4.69, 9.17) is 0 Å². The third-order valence-corrected chi connectivity index (χ3v) is 2.25. The number of hydrogen-bond donors (Lipinski definition) is 0. The molecule has 0 fully saturated rings. The van der Waals surface area contributed by atoms with E-state index in [2.05, 4.69) is 41.3 Å². The minimum Gasteiger partial charge on any atom is -0.306 e. The molecule has 2 aromatic rings. The summed E-state index contributed by atoms with van der Waals surface area (Å²) in [6.07, 6.45) is 0. The van der Waals surface area contributed by atoms with Gasteiger partial charge >= 0.3 is 0 Å². The first kappa shape index (κ1) is 6.72. The quantitative estimate of drug-likeness (QED) is 0.501. The highest BCUT2D eigenvalue weighted by atomic mass is 15.3. The fourth-order valence-corrected chi connectivity index (χ4v) is 1.59. The predicted molar refractivity (Wildman–Crippen MR) is 53.5 cm³/mol. The van der Waals surface area contributed by atoms with Crippen molar-refractivity contribution in [1.82, 2.24) is 0 Å². The summed E-state index contributed by atoms with van der Waals surface area (Å²) in [6, 6.07) is 19.6. The van der Waals surface area contributed by atoms with Gasteiger partial charge in [0.25, 0.3) is 0 Å². The van der Waals surface area contributed by atoms with E-state index in [0.717, 1.165) is 5.69 Å². The van der Waals surface area contributed by atoms with Crippen molar-refractivity contribution < 1.29 is 0 Å². The fraction of sp³-hybridized carbons (Fsp3) is 0. The molecule has 1 radical (unpaired) electrons. The molecule has 3 rings (SSSR count). The molecule has 1 aliphatic heterocycles. The molecule has 0 N–H and O–H groups in total. The van der Waals surface area contributed by atoms with Gasteiger partial charge in [0.05, 0.1) is 17.1 Å². The molecule has 0 aromatic heterocycles. The number of nitrogens with zero attached hydrogens (tertiary/aromatic N) is 1. The maximum atomic E-state index is 3.20. The molecule has 0 spiro atoms. The SMILES string of the molecule is [c]1ccccc1N1c2ccccc21. The maximum absolute atomic E-state index is 3.20. The van der Waals surface area contributed by atoms with Crippen LogP contribution < -0.4 is 4.90 Å². The van der Waals surface area contributed by atoms with E-state index in [-0.39, 0.29) is 0 Å². The minimum absolute atomic E-state index is 1.13. The predicted octanol–water partition coefficient (Wildman–Crippen LogP) is 3.27. The maximum Gasteiger partial charge on any atom is 0.0703 e. The van der Waals surface area contributed by atoms with Crippen molar-refractivity contribution in [3.8, 4) is 0 Å². The molecule has 0 unspecified atom stereocenters. The number of fused-ring (bicyclic) bond motifs is 1. The van der Waals surface area contributed by atoms with Gasteiger partial charge in [-0.05, 0) is 18.2 Å². The van der Waals surface area contributed by atoms with Gasteiger partial charge in [-0.3, -0.25) is 0 Å². The molecule has 0 saturated carbocycles. The standard InChI is InChI=1S/C12H8N/c1-2-6-10(7-3-1)13-11-8-4-5-9-12(11)13/h1-6,8-9H. The number of hydrogen-bond acceptors (Lipinski definition) is 1. The van der Waals surface area contributed by atoms with E-state index in [1.807, 2.05) is 18.2 Å². The Morgan fingerprint density at radius 1 is 0.846 bits per heavy atom. The van der Waals surface area contributed by atoms with E-state index in [0.29, 0.717) is 0 Å². The van der Waals surface area contributed by atoms with Crippen molar-refractivity contribution in [3.05, 3.63) is 54.6 Å². The van der Waals surface area contributed by atoms with E-state index >= 15 is 0 Å². The van der Waals surface area contributed by atoms with Crippen LogP contribution in [-0.4, -0.2) is 0 Å². The molecule has 1 nitrogen and oxygen atoms in total. The molecule has 0 saturated heterocycles. The zero-order valence-corrected chi connectivity index (χ0v) is 7.07. The molecule has 1 aliphatic rings. The Hall–Kier alpha value is -1.76. The number of rotatable bonds is 1. The van der Waals surface area contributed by atoms with Crippen molar-refractivity contribution in [2.24, 2.45) is 0 Å². The van der Waals surface area contributed by atoms with Crippen LogP contribution >= 0.6 is 0 Å². The normalized spacial score (nSPS) is 12.5. The summed E-state index contributed by atoms with van der Waals surface area (Å²) >= 11 is 0. The summed E-state index contributed by atoms with van der Waals surface area (Å²) in [5.74, 6) is 0. The minimum atomic E-state index is 1.13. The largest absolute Gasteiger partial charge is 0.306 e. The Labute approximate surface area is 77.2 Å². The molecule has 1 heteroatoms. The highest BCUT2D eigenvalue weighted by Crippen LogP contribution is 2.52. The van der Waals surface area contributed by atoms with Crippen LogP contribution in [0.15, 0.2) is 48.5 Å². The van der Waals surface area contributed by atoms with Crippen LogP contribution in [0.4, 0.5) is 17.1 Å². The van der Waals surface area contributed by atoms with Gasteiger partial charge in [-0.1, -0.05) is 30.3 Å². The number of para-hydroxylation sites is 3. The Morgan fingerprint density at radius 2 is 1.54 bits per heavy atom. The third kappa shape index (κ3) is 0.937. The van der Waals surface area contributed by atoms with Crippen molar-refractivity contribution in [1.29, 1.82) is 0 Å². The van der Waals surface area contributed by atoms with Crippen LogP contribution in [0.3, 0.4) is 0 Å². The molecular weight excluding hydrogens is 158 g/mol. The first-order chi connectivity index (χ1) is 6.47. The number of anilines is 3. The van der Waals surface area contributed by atoms with Gasteiger partial charge in [-0.15, -0.1) is 0 Å². The lowest BCUT2D eigenvalue weighted by molar-refractivity contribution is 1.48. The first-order valence-corrected chi connectivity index (χ1v) is 4.33. The highest BCUT2D eigenvalue weighted by molar-refractivity contribution is 6.00. The van der Waals surface area contributed by atoms with Gasteiger partial charge in [0.15, 0.2) is 0 Å². The van der Waals surface area contributed by atoms with Crippen LogP contribution in [0.2, 0.25) is 0 Å². The molecule has 1 heterocycles. The molecule has 2 aromatic carbocycles. The molecule has 0 aliphatic carbocycles. The zero-order valence-electron chi connectivity index (χ0n) is 7.07. The van der Waals surface area contributed by atoms with Crippen molar-refractivity contribution >= 4 is 17.1 Å². The second kappa shape index (κ2) is 2.36. The smallest absolute Gasteiger partial charge is 0.0703 e. The van der Waals surface area contributed by atoms with Crippen molar-refractivity contribution in [2.75, 3.05) is 4.90 Å². The van der Waals surface area contributed by atoms with Crippen LogP contribution in [0.25, 0.3) is 0 Å². The van der Waals surface area contributed by atoms with Crippen LogP contribution in [0, 0.1) is 6.07 Å².